The van der Waals surface area contributed by atoms with Gasteiger partial charge in [-0.05, 0) is 28.7 Å². The summed E-state index contributed by atoms with van der Waals surface area (Å²) in [6.07, 6.45) is 0.155. The normalized spacial score (nSPS) is 12.5. The number of carbonyl (C=O) groups excluding carboxylic acids is 2. The Bertz CT molecular complexity index is 812. The third-order valence-electron chi connectivity index (χ3n) is 4.10. The molecular weight excluding hydrogens is 338 g/mol. The summed E-state index contributed by atoms with van der Waals surface area (Å²) in [5.41, 5.74) is 6.80. The molecule has 0 aromatic heterocycles. The summed E-state index contributed by atoms with van der Waals surface area (Å²) < 4.78 is 27.0. The maximum Gasteiger partial charge on any atom is 0.255 e. The molecule has 1 atom stereocenters. The van der Waals surface area contributed by atoms with Gasteiger partial charge in [-0.2, -0.15) is 0 Å². The zero-order chi connectivity index (χ0) is 19.5. The maximum atomic E-state index is 13.7. The molecule has 2 amide bonds. The zero-order valence-corrected chi connectivity index (χ0v) is 15.0. The number of amides is 2. The molecule has 0 bridgehead atoms. The Labute approximate surface area is 151 Å². The van der Waals surface area contributed by atoms with Crippen molar-refractivity contribution in [1.29, 1.82) is 0 Å². The van der Waals surface area contributed by atoms with E-state index in [9.17, 15) is 18.4 Å². The Kier molecular flexibility index (Phi) is 5.75. The molecular formula is C20H22F2N2O2. The van der Waals surface area contributed by atoms with Gasteiger partial charge in [0.25, 0.3) is 5.91 Å². The van der Waals surface area contributed by atoms with E-state index in [2.05, 4.69) is 26.1 Å². The van der Waals surface area contributed by atoms with Gasteiger partial charge in [0.1, 0.15) is 6.04 Å². The van der Waals surface area contributed by atoms with E-state index in [0.717, 1.165) is 23.3 Å². The minimum Gasteiger partial charge on any atom is -0.368 e. The predicted molar refractivity (Wildman–Crippen MR) is 95.7 cm³/mol. The topological polar surface area (TPSA) is 72.2 Å². The summed E-state index contributed by atoms with van der Waals surface area (Å²) in [7, 11) is 0. The molecule has 2 rings (SSSR count). The van der Waals surface area contributed by atoms with Crippen molar-refractivity contribution >= 4 is 11.8 Å². The van der Waals surface area contributed by atoms with E-state index in [-0.39, 0.29) is 11.8 Å². The van der Waals surface area contributed by atoms with E-state index in [0.29, 0.717) is 0 Å². The van der Waals surface area contributed by atoms with Crippen LogP contribution in [0.2, 0.25) is 0 Å². The highest BCUT2D eigenvalue weighted by molar-refractivity contribution is 5.97. The van der Waals surface area contributed by atoms with E-state index in [1.54, 1.807) is 0 Å². The number of hydrogen-bond donors (Lipinski definition) is 2. The van der Waals surface area contributed by atoms with Crippen LogP contribution in [-0.4, -0.2) is 17.9 Å². The van der Waals surface area contributed by atoms with E-state index in [4.69, 9.17) is 5.73 Å². The third-order valence-corrected chi connectivity index (χ3v) is 4.10. The summed E-state index contributed by atoms with van der Waals surface area (Å²) in [6, 6.07) is 9.83. The number of benzene rings is 2. The fourth-order valence-electron chi connectivity index (χ4n) is 2.51. The minimum absolute atomic E-state index is 0.00918. The molecule has 138 valence electrons. The summed E-state index contributed by atoms with van der Waals surface area (Å²) in [4.78, 5) is 23.9. The Morgan fingerprint density at radius 3 is 2.23 bits per heavy atom. The first kappa shape index (κ1) is 19.6. The van der Waals surface area contributed by atoms with Crippen LogP contribution >= 0.6 is 0 Å². The van der Waals surface area contributed by atoms with Crippen LogP contribution in [0.5, 0.6) is 0 Å². The van der Waals surface area contributed by atoms with Gasteiger partial charge in [-0.1, -0.05) is 51.1 Å². The number of primary amides is 1. The molecule has 2 aromatic rings. The van der Waals surface area contributed by atoms with Crippen molar-refractivity contribution in [2.45, 2.75) is 38.6 Å². The van der Waals surface area contributed by atoms with Crippen LogP contribution in [0.25, 0.3) is 0 Å². The van der Waals surface area contributed by atoms with Crippen LogP contribution in [0, 0.1) is 11.6 Å². The SMILES string of the molecule is CC(C)(C)c1ccc(C[C@@H](NC(=O)c2cccc(F)c2F)C(N)=O)cc1. The van der Waals surface area contributed by atoms with E-state index in [1.165, 1.54) is 6.07 Å². The average Bonchev–Trinajstić information content (AvgIpc) is 2.56. The van der Waals surface area contributed by atoms with Crippen LogP contribution in [-0.2, 0) is 16.6 Å². The van der Waals surface area contributed by atoms with Gasteiger partial charge in [0.15, 0.2) is 11.6 Å². The molecule has 26 heavy (non-hydrogen) atoms. The van der Waals surface area contributed by atoms with E-state index >= 15 is 0 Å². The highest BCUT2D eigenvalue weighted by atomic mass is 19.2. The first-order chi connectivity index (χ1) is 12.1. The molecule has 0 saturated carbocycles. The molecule has 0 aliphatic heterocycles. The molecule has 0 heterocycles. The number of hydrogen-bond acceptors (Lipinski definition) is 2. The number of nitrogens with two attached hydrogens (primary N) is 1. The minimum atomic E-state index is -1.26. The number of nitrogens with one attached hydrogen (secondary N) is 1. The quantitative estimate of drug-likeness (QED) is 0.860. The van der Waals surface area contributed by atoms with Crippen molar-refractivity contribution in [3.05, 3.63) is 70.8 Å². The summed E-state index contributed by atoms with van der Waals surface area (Å²) >= 11 is 0. The Balaban J connectivity index is 2.15. The van der Waals surface area contributed by atoms with Gasteiger partial charge in [0, 0.05) is 6.42 Å². The van der Waals surface area contributed by atoms with Crippen LogP contribution < -0.4 is 11.1 Å². The fraction of sp³-hybridized carbons (Fsp3) is 0.300. The smallest absolute Gasteiger partial charge is 0.255 e. The standard InChI is InChI=1S/C20H22F2N2O2/c1-20(2,3)13-9-7-12(8-10-13)11-16(18(23)25)24-19(26)14-5-4-6-15(21)17(14)22/h4-10,16H,11H2,1-3H3,(H2,23,25)(H,24,26)/t16-/m1/s1. The highest BCUT2D eigenvalue weighted by Gasteiger charge is 2.22. The zero-order valence-electron chi connectivity index (χ0n) is 15.0. The lowest BCUT2D eigenvalue weighted by Crippen LogP contribution is -2.46. The lowest BCUT2D eigenvalue weighted by atomic mass is 9.86. The molecule has 0 spiro atoms. The van der Waals surface area contributed by atoms with Gasteiger partial charge in [-0.15, -0.1) is 0 Å². The van der Waals surface area contributed by atoms with Crippen molar-refractivity contribution in [3.63, 3.8) is 0 Å². The molecule has 0 aliphatic rings. The first-order valence-corrected chi connectivity index (χ1v) is 8.23. The van der Waals surface area contributed by atoms with Gasteiger partial charge < -0.3 is 11.1 Å². The number of carbonyl (C=O) groups is 2. The number of rotatable bonds is 5. The molecule has 4 nitrogen and oxygen atoms in total. The predicted octanol–water partition coefficient (Wildman–Crippen LogP) is 3.09. The molecule has 6 heteroatoms. The van der Waals surface area contributed by atoms with Gasteiger partial charge in [-0.25, -0.2) is 8.78 Å². The summed E-state index contributed by atoms with van der Waals surface area (Å²) in [6.45, 7) is 6.26. The lowest BCUT2D eigenvalue weighted by Gasteiger charge is -2.20. The third kappa shape index (κ3) is 4.65. The molecule has 3 N–H and O–H groups in total. The molecule has 0 saturated heterocycles. The summed E-state index contributed by atoms with van der Waals surface area (Å²) in [5.74, 6) is -4.04. The maximum absolute atomic E-state index is 13.7. The lowest BCUT2D eigenvalue weighted by molar-refractivity contribution is -0.119. The first-order valence-electron chi connectivity index (χ1n) is 8.23. The molecule has 0 radical (unpaired) electrons. The van der Waals surface area contributed by atoms with Crippen molar-refractivity contribution in [2.75, 3.05) is 0 Å². The second kappa shape index (κ2) is 7.64. The van der Waals surface area contributed by atoms with Gasteiger partial charge in [0.05, 0.1) is 5.56 Å². The van der Waals surface area contributed by atoms with Crippen molar-refractivity contribution < 1.29 is 18.4 Å². The number of halogens is 2. The average molecular weight is 360 g/mol. The van der Waals surface area contributed by atoms with Crippen LogP contribution in [0.3, 0.4) is 0 Å². The second-order valence-corrected chi connectivity index (χ2v) is 7.18. The molecule has 0 unspecified atom stereocenters. The molecule has 0 aliphatic carbocycles. The van der Waals surface area contributed by atoms with Crippen LogP contribution in [0.4, 0.5) is 8.78 Å². The fourth-order valence-corrected chi connectivity index (χ4v) is 2.51. The molecule has 2 aromatic carbocycles. The van der Waals surface area contributed by atoms with E-state index in [1.807, 2.05) is 24.3 Å². The van der Waals surface area contributed by atoms with Crippen molar-refractivity contribution in [3.8, 4) is 0 Å². The summed E-state index contributed by atoms with van der Waals surface area (Å²) in [5, 5.41) is 2.37. The van der Waals surface area contributed by atoms with Crippen molar-refractivity contribution in [2.24, 2.45) is 5.73 Å². The molecule has 0 fully saturated rings. The highest BCUT2D eigenvalue weighted by Crippen LogP contribution is 2.22. The second-order valence-electron chi connectivity index (χ2n) is 7.18. The Hall–Kier alpha value is -2.76. The van der Waals surface area contributed by atoms with Crippen molar-refractivity contribution in [1.82, 2.24) is 5.32 Å². The van der Waals surface area contributed by atoms with Gasteiger partial charge in [-0.3, -0.25) is 9.59 Å². The van der Waals surface area contributed by atoms with Gasteiger partial charge in [0.2, 0.25) is 5.91 Å². The Morgan fingerprint density at radius 1 is 1.08 bits per heavy atom. The monoisotopic (exact) mass is 360 g/mol. The van der Waals surface area contributed by atoms with E-state index < -0.39 is 35.1 Å². The van der Waals surface area contributed by atoms with Crippen LogP contribution in [0.15, 0.2) is 42.5 Å². The van der Waals surface area contributed by atoms with Gasteiger partial charge >= 0.3 is 0 Å². The Morgan fingerprint density at radius 2 is 1.69 bits per heavy atom. The largest absolute Gasteiger partial charge is 0.368 e. The van der Waals surface area contributed by atoms with Crippen LogP contribution in [0.1, 0.15) is 42.3 Å².